The zero-order chi connectivity index (χ0) is 22.8. The van der Waals surface area contributed by atoms with Crippen LogP contribution in [0, 0.1) is 0 Å². The normalized spacial score (nSPS) is 10.5. The maximum absolute atomic E-state index is 8.89. The molecule has 2 nitrogen and oxygen atoms in total. The summed E-state index contributed by atoms with van der Waals surface area (Å²) in [6.07, 6.45) is 2.99. The van der Waals surface area contributed by atoms with Crippen molar-refractivity contribution in [1.82, 2.24) is 0 Å². The first-order chi connectivity index (χ1) is 15.6. The van der Waals surface area contributed by atoms with E-state index in [4.69, 9.17) is 9.90 Å². The third-order valence-electron chi connectivity index (χ3n) is 5.22. The van der Waals surface area contributed by atoms with Crippen molar-refractivity contribution in [3.63, 3.8) is 0 Å². The molecule has 0 saturated heterocycles. The molecule has 0 atom stereocenters. The topological polar surface area (TPSA) is 40.1 Å². The fraction of sp³-hybridized carbons (Fsp3) is 0.0690. The molecule has 0 aliphatic carbocycles. The molecule has 0 aliphatic rings. The van der Waals surface area contributed by atoms with E-state index < -0.39 is 13.2 Å². The largest absolute Gasteiger partial charge is 0.550 e. The average molecular weight is 439 g/mol. The number of hydrogen-bond donors (Lipinski definition) is 0. The van der Waals surface area contributed by atoms with Gasteiger partial charge in [-0.1, -0.05) is 97.6 Å². The lowest BCUT2D eigenvalue weighted by molar-refractivity contribution is -0.302. The van der Waals surface area contributed by atoms with Crippen molar-refractivity contribution in [3.8, 4) is 0 Å². The number of carbonyl (C=O) groups excluding carboxylic acids is 1. The number of hydrogen-bond acceptors (Lipinski definition) is 2. The van der Waals surface area contributed by atoms with Crippen molar-refractivity contribution < 1.29 is 9.90 Å². The van der Waals surface area contributed by atoms with Crippen LogP contribution in [-0.4, -0.2) is 5.97 Å². The highest BCUT2D eigenvalue weighted by molar-refractivity contribution is 7.95. The van der Waals surface area contributed by atoms with E-state index in [0.717, 1.165) is 13.1 Å². The molecule has 0 aromatic heterocycles. The van der Waals surface area contributed by atoms with Gasteiger partial charge in [0, 0.05) is 11.5 Å². The Morgan fingerprint density at radius 3 is 1.62 bits per heavy atom. The first-order valence-electron chi connectivity index (χ1n) is 10.5. The maximum Gasteiger partial charge on any atom is 0.117 e. The van der Waals surface area contributed by atoms with Crippen LogP contribution in [-0.2, 0) is 11.0 Å². The Morgan fingerprint density at radius 1 is 0.750 bits per heavy atom. The highest BCUT2D eigenvalue weighted by atomic mass is 31.2. The fourth-order valence-corrected chi connectivity index (χ4v) is 8.38. The van der Waals surface area contributed by atoms with Crippen LogP contribution in [0.4, 0.5) is 0 Å². The molecule has 0 fully saturated rings. The van der Waals surface area contributed by atoms with E-state index in [1.165, 1.54) is 27.0 Å². The van der Waals surface area contributed by atoms with Crippen LogP contribution in [0.2, 0.25) is 0 Å². The molecule has 4 aromatic carbocycles. The standard InChI is InChI=1S/C27H24P.C2H4O2/c1-2-24-16-12-13-21-27(24)28(25-17-8-4-9-18-25,26-19-10-5-11-20-26)22-23-14-6-3-7-15-23;1-2(3)4/h2-21H,1,22H2;1H3,(H,3,4)/q+1;/p-1. The Kier molecular flexibility index (Phi) is 8.14. The zero-order valence-electron chi connectivity index (χ0n) is 18.2. The minimum absolute atomic E-state index is 0.972. The summed E-state index contributed by atoms with van der Waals surface area (Å²) in [6, 6.07) is 41.6. The van der Waals surface area contributed by atoms with E-state index in [1.807, 2.05) is 6.08 Å². The van der Waals surface area contributed by atoms with Crippen LogP contribution < -0.4 is 21.0 Å². The summed E-state index contributed by atoms with van der Waals surface area (Å²) in [5.74, 6) is -1.08. The minimum atomic E-state index is -1.90. The number of benzene rings is 4. The Labute approximate surface area is 191 Å². The molecule has 0 unspecified atom stereocenters. The van der Waals surface area contributed by atoms with Crippen molar-refractivity contribution >= 4 is 35.2 Å². The van der Waals surface area contributed by atoms with Gasteiger partial charge in [0.1, 0.15) is 23.2 Å². The molecule has 4 rings (SSSR count). The monoisotopic (exact) mass is 438 g/mol. The lowest BCUT2D eigenvalue weighted by atomic mass is 10.2. The third-order valence-corrected chi connectivity index (χ3v) is 9.65. The SMILES string of the molecule is C=Cc1ccccc1[P+](Cc1ccccc1)(c1ccccc1)c1ccccc1.CC(=O)[O-]. The molecule has 160 valence electrons. The Hall–Kier alpha value is -3.48. The predicted molar refractivity (Wildman–Crippen MR) is 136 cm³/mol. The van der Waals surface area contributed by atoms with E-state index in [-0.39, 0.29) is 0 Å². The number of carbonyl (C=O) groups is 1. The average Bonchev–Trinajstić information content (AvgIpc) is 2.84. The predicted octanol–water partition coefficient (Wildman–Crippen LogP) is 4.58. The molecule has 3 heteroatoms. The number of aliphatic carboxylic acids is 1. The zero-order valence-corrected chi connectivity index (χ0v) is 19.1. The molecule has 0 spiro atoms. The van der Waals surface area contributed by atoms with E-state index in [9.17, 15) is 0 Å². The number of carboxylic acid groups (broad SMARTS) is 1. The van der Waals surface area contributed by atoms with Gasteiger partial charge in [0.25, 0.3) is 0 Å². The molecule has 0 bridgehead atoms. The van der Waals surface area contributed by atoms with Gasteiger partial charge in [-0.25, -0.2) is 0 Å². The van der Waals surface area contributed by atoms with Crippen LogP contribution in [0.5, 0.6) is 0 Å². The van der Waals surface area contributed by atoms with E-state index in [1.54, 1.807) is 0 Å². The first-order valence-corrected chi connectivity index (χ1v) is 12.5. The number of carboxylic acids is 1. The van der Waals surface area contributed by atoms with Gasteiger partial charge in [0.05, 0.1) is 6.16 Å². The summed E-state index contributed by atoms with van der Waals surface area (Å²) in [7, 11) is -1.90. The van der Waals surface area contributed by atoms with Crippen LogP contribution in [0.15, 0.2) is 122 Å². The highest BCUT2D eigenvalue weighted by Gasteiger charge is 2.46. The molecule has 0 radical (unpaired) electrons. The lowest BCUT2D eigenvalue weighted by Gasteiger charge is -2.29. The maximum atomic E-state index is 8.89. The van der Waals surface area contributed by atoms with Crippen LogP contribution >= 0.6 is 7.26 Å². The lowest BCUT2D eigenvalue weighted by Crippen LogP contribution is -2.33. The molecule has 4 aromatic rings. The second-order valence-electron chi connectivity index (χ2n) is 7.38. The summed E-state index contributed by atoms with van der Waals surface area (Å²) in [5, 5.41) is 13.1. The van der Waals surface area contributed by atoms with Crippen molar-refractivity contribution in [3.05, 3.63) is 133 Å². The summed E-state index contributed by atoms with van der Waals surface area (Å²) in [4.78, 5) is 8.89. The summed E-state index contributed by atoms with van der Waals surface area (Å²) >= 11 is 0. The van der Waals surface area contributed by atoms with Crippen molar-refractivity contribution in [2.45, 2.75) is 13.1 Å². The molecular weight excluding hydrogens is 411 g/mol. The first kappa shape index (κ1) is 23.2. The van der Waals surface area contributed by atoms with Crippen molar-refractivity contribution in [1.29, 1.82) is 0 Å². The summed E-state index contributed by atoms with van der Waals surface area (Å²) in [6.45, 7) is 5.09. The minimum Gasteiger partial charge on any atom is -0.550 e. The quantitative estimate of drug-likeness (QED) is 0.414. The van der Waals surface area contributed by atoms with Crippen LogP contribution in [0.25, 0.3) is 6.08 Å². The smallest absolute Gasteiger partial charge is 0.117 e. The molecule has 0 N–H and O–H groups in total. The fourth-order valence-electron chi connectivity index (χ4n) is 3.92. The van der Waals surface area contributed by atoms with Crippen LogP contribution in [0.3, 0.4) is 0 Å². The van der Waals surface area contributed by atoms with Gasteiger partial charge in [0.15, 0.2) is 0 Å². The molecule has 32 heavy (non-hydrogen) atoms. The molecule has 0 aliphatic heterocycles. The van der Waals surface area contributed by atoms with Crippen molar-refractivity contribution in [2.75, 3.05) is 0 Å². The van der Waals surface area contributed by atoms with Crippen molar-refractivity contribution in [2.24, 2.45) is 0 Å². The summed E-state index contributed by atoms with van der Waals surface area (Å²) < 4.78 is 0. The summed E-state index contributed by atoms with van der Waals surface area (Å²) in [5.41, 5.74) is 2.59. The Balaban J connectivity index is 0.000000668. The Morgan fingerprint density at radius 2 is 1.16 bits per heavy atom. The second-order valence-corrected chi connectivity index (χ2v) is 10.8. The van der Waals surface area contributed by atoms with Gasteiger partial charge in [-0.05, 0) is 42.8 Å². The Bertz CT molecular complexity index is 1100. The van der Waals surface area contributed by atoms with Gasteiger partial charge in [-0.3, -0.25) is 0 Å². The van der Waals surface area contributed by atoms with E-state index in [2.05, 4.69) is 122 Å². The molecule has 0 amide bonds. The van der Waals surface area contributed by atoms with Gasteiger partial charge in [0.2, 0.25) is 0 Å². The molecular formula is C29H27O2P. The highest BCUT2D eigenvalue weighted by Crippen LogP contribution is 2.58. The third kappa shape index (κ3) is 5.41. The molecule has 0 saturated carbocycles. The van der Waals surface area contributed by atoms with Gasteiger partial charge in [-0.15, -0.1) is 0 Å². The second kappa shape index (κ2) is 11.2. The molecule has 0 heterocycles. The van der Waals surface area contributed by atoms with Gasteiger partial charge >= 0.3 is 0 Å². The van der Waals surface area contributed by atoms with E-state index in [0.29, 0.717) is 0 Å². The van der Waals surface area contributed by atoms with E-state index >= 15 is 0 Å². The van der Waals surface area contributed by atoms with Gasteiger partial charge < -0.3 is 9.90 Å². The van der Waals surface area contributed by atoms with Gasteiger partial charge in [-0.2, -0.15) is 0 Å². The number of rotatable bonds is 6. The van der Waals surface area contributed by atoms with Crippen LogP contribution in [0.1, 0.15) is 18.1 Å².